The van der Waals surface area contributed by atoms with Crippen LogP contribution in [-0.2, 0) is 9.59 Å². The van der Waals surface area contributed by atoms with E-state index >= 15 is 0 Å². The van der Waals surface area contributed by atoms with E-state index in [1.807, 2.05) is 5.32 Å². The molecule has 4 nitrogen and oxygen atoms in total. The number of hydrogen-bond acceptors (Lipinski definition) is 3. The molecule has 1 fully saturated rings. The molecule has 1 saturated heterocycles. The van der Waals surface area contributed by atoms with Gasteiger partial charge in [0.1, 0.15) is 6.10 Å². The molecule has 0 saturated carbocycles. The van der Waals surface area contributed by atoms with E-state index in [1.54, 1.807) is 0 Å². The number of aliphatic hydroxyl groups is 1. The number of hydrogen-bond donors (Lipinski definition) is 2. The van der Waals surface area contributed by atoms with Crippen molar-refractivity contribution in [3.63, 3.8) is 0 Å². The largest absolute Gasteiger partial charge is 0.383 e. The van der Waals surface area contributed by atoms with Gasteiger partial charge in [0.2, 0.25) is 5.91 Å². The fraction of sp³-hybridized carbons (Fsp3) is 0.400. The fourth-order valence-corrected chi connectivity index (χ4v) is 0.581. The van der Waals surface area contributed by atoms with Crippen LogP contribution < -0.4 is 5.32 Å². The highest BCUT2D eigenvalue weighted by atomic mass is 16.3. The topological polar surface area (TPSA) is 66.4 Å². The van der Waals surface area contributed by atoms with E-state index in [2.05, 4.69) is 0 Å². The Morgan fingerprint density at radius 1 is 1.67 bits per heavy atom. The summed E-state index contributed by atoms with van der Waals surface area (Å²) in [5, 5.41) is 10.6. The maximum absolute atomic E-state index is 10.4. The molecule has 4 heteroatoms. The van der Waals surface area contributed by atoms with Gasteiger partial charge in [0, 0.05) is 0 Å². The standard InChI is InChI=1S/C5H6NO3/c7-3-1-2-4(8)6-5(3)9/h2-3,7H,1H2,(H,6,8,9). The minimum atomic E-state index is -1.04. The molecule has 2 N–H and O–H groups in total. The molecule has 1 aliphatic heterocycles. The van der Waals surface area contributed by atoms with Gasteiger partial charge >= 0.3 is 0 Å². The molecule has 9 heavy (non-hydrogen) atoms. The lowest BCUT2D eigenvalue weighted by Gasteiger charge is -2.14. The van der Waals surface area contributed by atoms with Gasteiger partial charge in [-0.15, -0.1) is 0 Å². The zero-order valence-corrected chi connectivity index (χ0v) is 4.63. The highest BCUT2D eigenvalue weighted by Crippen LogP contribution is 2.01. The lowest BCUT2D eigenvalue weighted by atomic mass is 10.1. The summed E-state index contributed by atoms with van der Waals surface area (Å²) in [7, 11) is 0. The number of carbonyl (C=O) groups is 2. The summed E-state index contributed by atoms with van der Waals surface area (Å²) < 4.78 is 0. The Hall–Kier alpha value is -0.900. The van der Waals surface area contributed by atoms with Gasteiger partial charge in [-0.05, 0) is 6.42 Å². The SMILES string of the molecule is O=C1[CH]CC(O)C(=O)N1. The molecule has 0 aromatic rings. The van der Waals surface area contributed by atoms with E-state index in [9.17, 15) is 9.59 Å². The van der Waals surface area contributed by atoms with Gasteiger partial charge in [0.05, 0.1) is 6.42 Å². The van der Waals surface area contributed by atoms with Crippen molar-refractivity contribution >= 4 is 11.8 Å². The minimum Gasteiger partial charge on any atom is -0.383 e. The first-order valence-electron chi connectivity index (χ1n) is 2.56. The Labute approximate surface area is 51.9 Å². The molecule has 0 spiro atoms. The zero-order chi connectivity index (χ0) is 6.85. The van der Waals surface area contributed by atoms with Gasteiger partial charge < -0.3 is 5.11 Å². The number of rotatable bonds is 0. The highest BCUT2D eigenvalue weighted by molar-refractivity contribution is 6.03. The third-order valence-corrected chi connectivity index (χ3v) is 1.08. The molecular weight excluding hydrogens is 122 g/mol. The Bertz CT molecular complexity index is 154. The van der Waals surface area contributed by atoms with Crippen LogP contribution in [0.2, 0.25) is 0 Å². The first-order valence-corrected chi connectivity index (χ1v) is 2.56. The predicted molar refractivity (Wildman–Crippen MR) is 28.1 cm³/mol. The van der Waals surface area contributed by atoms with E-state index in [0.29, 0.717) is 0 Å². The van der Waals surface area contributed by atoms with Crippen LogP contribution in [0.3, 0.4) is 0 Å². The summed E-state index contributed by atoms with van der Waals surface area (Å²) in [5.74, 6) is -1.03. The molecule has 0 aromatic carbocycles. The molecule has 1 heterocycles. The van der Waals surface area contributed by atoms with E-state index < -0.39 is 17.9 Å². The Kier molecular flexibility index (Phi) is 1.48. The summed E-state index contributed by atoms with van der Waals surface area (Å²) in [6.07, 6.45) is 0.333. The van der Waals surface area contributed by atoms with Crippen molar-refractivity contribution in [1.29, 1.82) is 0 Å². The number of amides is 2. The predicted octanol–water partition coefficient (Wildman–Crippen LogP) is -1.40. The number of nitrogens with one attached hydrogen (secondary N) is 1. The first kappa shape index (κ1) is 6.22. The number of aliphatic hydroxyl groups excluding tert-OH is 1. The molecule has 1 atom stereocenters. The Balaban J connectivity index is 2.54. The average Bonchev–Trinajstić information content (AvgIpc) is 1.80. The van der Waals surface area contributed by atoms with Crippen LogP contribution >= 0.6 is 0 Å². The zero-order valence-electron chi connectivity index (χ0n) is 4.63. The van der Waals surface area contributed by atoms with E-state index in [4.69, 9.17) is 5.11 Å². The van der Waals surface area contributed by atoms with Crippen LogP contribution in [0, 0.1) is 6.42 Å². The summed E-state index contributed by atoms with van der Waals surface area (Å²) in [6.45, 7) is 0. The van der Waals surface area contributed by atoms with Crippen molar-refractivity contribution < 1.29 is 14.7 Å². The second-order valence-corrected chi connectivity index (χ2v) is 1.81. The molecule has 1 unspecified atom stereocenters. The molecule has 1 radical (unpaired) electrons. The summed E-state index contributed by atoms with van der Waals surface area (Å²) in [6, 6.07) is 0. The van der Waals surface area contributed by atoms with Crippen molar-refractivity contribution in [3.8, 4) is 0 Å². The monoisotopic (exact) mass is 128 g/mol. The molecule has 1 rings (SSSR count). The Morgan fingerprint density at radius 2 is 2.33 bits per heavy atom. The van der Waals surface area contributed by atoms with Crippen LogP contribution in [0.15, 0.2) is 0 Å². The highest BCUT2D eigenvalue weighted by Gasteiger charge is 2.23. The van der Waals surface area contributed by atoms with E-state index in [-0.39, 0.29) is 6.42 Å². The number of carbonyl (C=O) groups excluding carboxylic acids is 2. The number of imide groups is 1. The molecule has 0 aliphatic carbocycles. The van der Waals surface area contributed by atoms with Crippen LogP contribution in [0.4, 0.5) is 0 Å². The number of piperidine rings is 1. The van der Waals surface area contributed by atoms with Gasteiger partial charge in [0.15, 0.2) is 0 Å². The van der Waals surface area contributed by atoms with Crippen molar-refractivity contribution in [2.45, 2.75) is 12.5 Å². The lowest BCUT2D eigenvalue weighted by Crippen LogP contribution is -2.44. The van der Waals surface area contributed by atoms with Crippen LogP contribution in [0.25, 0.3) is 0 Å². The van der Waals surface area contributed by atoms with Crippen molar-refractivity contribution in [1.82, 2.24) is 5.32 Å². The second kappa shape index (κ2) is 2.14. The van der Waals surface area contributed by atoms with Gasteiger partial charge in [-0.1, -0.05) is 0 Å². The lowest BCUT2D eigenvalue weighted by molar-refractivity contribution is -0.137. The van der Waals surface area contributed by atoms with Crippen LogP contribution in [-0.4, -0.2) is 23.0 Å². The maximum atomic E-state index is 10.4. The molecule has 0 bridgehead atoms. The van der Waals surface area contributed by atoms with Crippen molar-refractivity contribution in [3.05, 3.63) is 6.42 Å². The molecular formula is C5H6NO3. The van der Waals surface area contributed by atoms with Crippen molar-refractivity contribution in [2.24, 2.45) is 0 Å². The van der Waals surface area contributed by atoms with Gasteiger partial charge in [0.25, 0.3) is 5.91 Å². The summed E-state index contributed by atoms with van der Waals surface area (Å²) >= 11 is 0. The first-order chi connectivity index (χ1) is 4.20. The smallest absolute Gasteiger partial charge is 0.255 e. The van der Waals surface area contributed by atoms with Gasteiger partial charge in [-0.25, -0.2) is 0 Å². The van der Waals surface area contributed by atoms with Crippen LogP contribution in [0.1, 0.15) is 6.42 Å². The molecule has 1 aliphatic rings. The fourth-order valence-electron chi connectivity index (χ4n) is 0.581. The average molecular weight is 128 g/mol. The molecule has 2 amide bonds. The Morgan fingerprint density at radius 3 is 2.78 bits per heavy atom. The van der Waals surface area contributed by atoms with Crippen LogP contribution in [0.5, 0.6) is 0 Å². The van der Waals surface area contributed by atoms with Gasteiger partial charge in [-0.3, -0.25) is 14.9 Å². The minimum absolute atomic E-state index is 0.130. The maximum Gasteiger partial charge on any atom is 0.255 e. The van der Waals surface area contributed by atoms with E-state index in [0.717, 1.165) is 0 Å². The second-order valence-electron chi connectivity index (χ2n) is 1.81. The normalized spacial score (nSPS) is 27.9. The quantitative estimate of drug-likeness (QED) is 0.394. The van der Waals surface area contributed by atoms with Crippen molar-refractivity contribution in [2.75, 3.05) is 0 Å². The summed E-state index contributed by atoms with van der Waals surface area (Å²) in [5.41, 5.74) is 0. The third-order valence-electron chi connectivity index (χ3n) is 1.08. The third kappa shape index (κ3) is 1.26. The molecule has 0 aromatic heterocycles. The van der Waals surface area contributed by atoms with Gasteiger partial charge in [-0.2, -0.15) is 0 Å². The summed E-state index contributed by atoms with van der Waals surface area (Å²) in [4.78, 5) is 20.7. The van der Waals surface area contributed by atoms with E-state index in [1.165, 1.54) is 6.42 Å². The molecule has 49 valence electrons.